The van der Waals surface area contributed by atoms with Crippen molar-refractivity contribution in [2.75, 3.05) is 10.0 Å². The van der Waals surface area contributed by atoms with E-state index in [1.165, 1.54) is 6.20 Å². The van der Waals surface area contributed by atoms with Gasteiger partial charge in [-0.15, -0.1) is 0 Å². The van der Waals surface area contributed by atoms with Crippen LogP contribution >= 0.6 is 11.6 Å². The molecule has 6 nitrogen and oxygen atoms in total. The van der Waals surface area contributed by atoms with E-state index in [4.69, 9.17) is 11.6 Å². The van der Waals surface area contributed by atoms with Crippen LogP contribution in [0, 0.1) is 6.92 Å². The van der Waals surface area contributed by atoms with Crippen molar-refractivity contribution in [3.05, 3.63) is 71.6 Å². The van der Waals surface area contributed by atoms with Crippen molar-refractivity contribution >= 4 is 38.8 Å². The second-order valence-electron chi connectivity index (χ2n) is 5.30. The Balaban J connectivity index is 1.89. The highest BCUT2D eigenvalue weighted by molar-refractivity contribution is 7.92. The zero-order valence-electron chi connectivity index (χ0n) is 13.3. The summed E-state index contributed by atoms with van der Waals surface area (Å²) in [4.78, 5) is 8.05. The van der Waals surface area contributed by atoms with Gasteiger partial charge in [-0.05, 0) is 48.9 Å². The number of anilines is 3. The molecular weight excluding hydrogens is 360 g/mol. The van der Waals surface area contributed by atoms with Crippen LogP contribution in [0.2, 0.25) is 5.28 Å². The highest BCUT2D eigenvalue weighted by Crippen LogP contribution is 2.27. The number of sulfonamides is 1. The molecule has 0 aliphatic rings. The Morgan fingerprint density at radius 3 is 2.32 bits per heavy atom. The molecule has 128 valence electrons. The molecule has 0 unspecified atom stereocenters. The van der Waals surface area contributed by atoms with Crippen molar-refractivity contribution in [1.82, 2.24) is 9.97 Å². The first-order valence-electron chi connectivity index (χ1n) is 7.38. The monoisotopic (exact) mass is 374 g/mol. The van der Waals surface area contributed by atoms with Gasteiger partial charge < -0.3 is 5.32 Å². The summed E-state index contributed by atoms with van der Waals surface area (Å²) in [5.41, 5.74) is 1.94. The van der Waals surface area contributed by atoms with Gasteiger partial charge in [0.05, 0.1) is 16.3 Å². The van der Waals surface area contributed by atoms with Crippen LogP contribution in [0.5, 0.6) is 0 Å². The summed E-state index contributed by atoms with van der Waals surface area (Å²) < 4.78 is 27.8. The van der Waals surface area contributed by atoms with Crippen LogP contribution in [0.4, 0.5) is 17.2 Å². The molecule has 1 aromatic heterocycles. The average Bonchev–Trinajstić information content (AvgIpc) is 2.57. The number of hydrogen-bond acceptors (Lipinski definition) is 5. The molecule has 0 atom stereocenters. The van der Waals surface area contributed by atoms with E-state index in [0.717, 1.165) is 5.56 Å². The number of rotatable bonds is 5. The average molecular weight is 375 g/mol. The molecular formula is C17H15ClN4O2S. The topological polar surface area (TPSA) is 84.0 Å². The van der Waals surface area contributed by atoms with Crippen LogP contribution < -0.4 is 10.0 Å². The molecule has 0 saturated heterocycles. The molecule has 3 rings (SSSR count). The number of hydrogen-bond donors (Lipinski definition) is 2. The lowest BCUT2D eigenvalue weighted by Crippen LogP contribution is -2.14. The zero-order chi connectivity index (χ0) is 17.9. The molecule has 3 aromatic rings. The van der Waals surface area contributed by atoms with Crippen LogP contribution in [0.3, 0.4) is 0 Å². The lowest BCUT2D eigenvalue weighted by atomic mass is 10.2. The van der Waals surface area contributed by atoms with Crippen LogP contribution in [0.1, 0.15) is 5.56 Å². The van der Waals surface area contributed by atoms with Gasteiger partial charge in [0.15, 0.2) is 0 Å². The highest BCUT2D eigenvalue weighted by Gasteiger charge is 2.16. The molecule has 0 spiro atoms. The smallest absolute Gasteiger partial charge is 0.261 e. The molecule has 0 saturated carbocycles. The van der Waals surface area contributed by atoms with Crippen molar-refractivity contribution < 1.29 is 8.42 Å². The molecule has 1 heterocycles. The third-order valence-electron chi connectivity index (χ3n) is 3.39. The van der Waals surface area contributed by atoms with Gasteiger partial charge in [0.25, 0.3) is 10.0 Å². The molecule has 2 aromatic carbocycles. The Labute approximate surface area is 151 Å². The summed E-state index contributed by atoms with van der Waals surface area (Å²) in [5, 5.41) is 3.13. The van der Waals surface area contributed by atoms with E-state index >= 15 is 0 Å². The molecule has 2 N–H and O–H groups in total. The Morgan fingerprint density at radius 1 is 0.960 bits per heavy atom. The lowest BCUT2D eigenvalue weighted by molar-refractivity contribution is 0.601. The van der Waals surface area contributed by atoms with Gasteiger partial charge in [-0.3, -0.25) is 4.72 Å². The van der Waals surface area contributed by atoms with E-state index in [0.29, 0.717) is 17.2 Å². The van der Waals surface area contributed by atoms with E-state index in [2.05, 4.69) is 20.0 Å². The summed E-state index contributed by atoms with van der Waals surface area (Å²) in [6.45, 7) is 1.90. The molecule has 25 heavy (non-hydrogen) atoms. The summed E-state index contributed by atoms with van der Waals surface area (Å²) in [6, 6.07) is 15.2. The summed E-state index contributed by atoms with van der Waals surface area (Å²) in [6.07, 6.45) is 1.51. The van der Waals surface area contributed by atoms with Crippen molar-refractivity contribution in [3.63, 3.8) is 0 Å². The molecule has 0 aliphatic heterocycles. The van der Waals surface area contributed by atoms with Gasteiger partial charge in [0.1, 0.15) is 5.82 Å². The van der Waals surface area contributed by atoms with Gasteiger partial charge in [0, 0.05) is 6.20 Å². The summed E-state index contributed by atoms with van der Waals surface area (Å²) in [7, 11) is -3.70. The molecule has 8 heteroatoms. The van der Waals surface area contributed by atoms with Gasteiger partial charge >= 0.3 is 0 Å². The highest BCUT2D eigenvalue weighted by atomic mass is 35.5. The number of aryl methyl sites for hydroxylation is 1. The zero-order valence-corrected chi connectivity index (χ0v) is 14.8. The number of halogens is 1. The van der Waals surface area contributed by atoms with E-state index < -0.39 is 10.0 Å². The van der Waals surface area contributed by atoms with Crippen LogP contribution in [-0.2, 0) is 10.0 Å². The molecule has 0 bridgehead atoms. The summed E-state index contributed by atoms with van der Waals surface area (Å²) in [5.74, 6) is 0.460. The maximum Gasteiger partial charge on any atom is 0.261 e. The Morgan fingerprint density at radius 2 is 1.64 bits per heavy atom. The van der Waals surface area contributed by atoms with Gasteiger partial charge in [-0.2, -0.15) is 0 Å². The van der Waals surface area contributed by atoms with Gasteiger partial charge in [-0.25, -0.2) is 18.4 Å². The molecule has 0 fully saturated rings. The van der Waals surface area contributed by atoms with E-state index in [1.807, 2.05) is 6.92 Å². The fourth-order valence-electron chi connectivity index (χ4n) is 2.14. The summed E-state index contributed by atoms with van der Waals surface area (Å²) >= 11 is 5.78. The van der Waals surface area contributed by atoms with E-state index in [9.17, 15) is 8.42 Å². The second-order valence-corrected chi connectivity index (χ2v) is 7.32. The third kappa shape index (κ3) is 4.26. The number of aromatic nitrogens is 2. The van der Waals surface area contributed by atoms with Crippen LogP contribution in [-0.4, -0.2) is 18.4 Å². The number of nitrogens with zero attached hydrogens (tertiary/aromatic N) is 2. The van der Waals surface area contributed by atoms with Crippen molar-refractivity contribution in [1.29, 1.82) is 0 Å². The predicted octanol–water partition coefficient (Wildman–Crippen LogP) is 3.98. The van der Waals surface area contributed by atoms with Crippen molar-refractivity contribution in [3.8, 4) is 0 Å². The Hall–Kier alpha value is -2.64. The van der Waals surface area contributed by atoms with Gasteiger partial charge in [-0.1, -0.05) is 29.8 Å². The number of para-hydroxylation sites is 2. The molecule has 0 amide bonds. The van der Waals surface area contributed by atoms with E-state index in [1.54, 1.807) is 54.6 Å². The normalized spacial score (nSPS) is 11.1. The predicted molar refractivity (Wildman–Crippen MR) is 98.8 cm³/mol. The SMILES string of the molecule is Cc1ccc(S(=O)(=O)Nc2ccccc2Nc2ccnc(Cl)n2)cc1. The number of benzene rings is 2. The first-order chi connectivity index (χ1) is 11.9. The Bertz CT molecular complexity index is 992. The first-order valence-corrected chi connectivity index (χ1v) is 9.24. The van der Waals surface area contributed by atoms with Crippen molar-refractivity contribution in [2.24, 2.45) is 0 Å². The second kappa shape index (κ2) is 7.08. The fourth-order valence-corrected chi connectivity index (χ4v) is 3.37. The minimum absolute atomic E-state index is 0.0997. The van der Waals surface area contributed by atoms with Gasteiger partial charge in [0.2, 0.25) is 5.28 Å². The maximum atomic E-state index is 12.6. The molecule has 0 aliphatic carbocycles. The fraction of sp³-hybridized carbons (Fsp3) is 0.0588. The quantitative estimate of drug-likeness (QED) is 0.660. The minimum atomic E-state index is -3.70. The lowest BCUT2D eigenvalue weighted by Gasteiger charge is -2.14. The van der Waals surface area contributed by atoms with Crippen molar-refractivity contribution in [2.45, 2.75) is 11.8 Å². The Kier molecular flexibility index (Phi) is 4.87. The van der Waals surface area contributed by atoms with Crippen LogP contribution in [0.15, 0.2) is 65.7 Å². The van der Waals surface area contributed by atoms with Crippen LogP contribution in [0.25, 0.3) is 0 Å². The first kappa shape index (κ1) is 17.2. The van der Waals surface area contributed by atoms with E-state index in [-0.39, 0.29) is 10.2 Å². The minimum Gasteiger partial charge on any atom is -0.338 e. The molecule has 0 radical (unpaired) electrons. The largest absolute Gasteiger partial charge is 0.338 e. The maximum absolute atomic E-state index is 12.6. The number of nitrogens with one attached hydrogen (secondary N) is 2. The third-order valence-corrected chi connectivity index (χ3v) is 4.96. The standard InChI is InChI=1S/C17H15ClN4O2S/c1-12-6-8-13(9-7-12)25(23,24)22-15-5-3-2-4-14(15)20-16-10-11-19-17(18)21-16/h2-11,22H,1H3,(H,19,20,21).